The summed E-state index contributed by atoms with van der Waals surface area (Å²) in [6.07, 6.45) is 0. The van der Waals surface area contributed by atoms with E-state index in [0.29, 0.717) is 17.4 Å². The van der Waals surface area contributed by atoms with E-state index in [-0.39, 0.29) is 11.1 Å². The van der Waals surface area contributed by atoms with Crippen molar-refractivity contribution in [3.8, 4) is 0 Å². The largest absolute Gasteiger partial charge is 0.346 e. The van der Waals surface area contributed by atoms with Crippen molar-refractivity contribution in [3.63, 3.8) is 0 Å². The molecule has 23 heavy (non-hydrogen) atoms. The van der Waals surface area contributed by atoms with Crippen molar-refractivity contribution in [1.29, 1.82) is 0 Å². The molecule has 1 amide bonds. The molecule has 0 aliphatic rings. The lowest BCUT2D eigenvalue weighted by Gasteiger charge is -2.09. The monoisotopic (exact) mass is 307 g/mol. The highest BCUT2D eigenvalue weighted by Gasteiger charge is 2.16. The zero-order chi connectivity index (χ0) is 16.4. The molecular formula is C18H17N3O2. The number of carbonyl (C=O) groups excluding carboxylic acids is 1. The van der Waals surface area contributed by atoms with E-state index < -0.39 is 5.91 Å². The van der Waals surface area contributed by atoms with Gasteiger partial charge in [0.05, 0.1) is 10.9 Å². The Morgan fingerprint density at radius 1 is 1.17 bits per heavy atom. The van der Waals surface area contributed by atoms with Gasteiger partial charge in [-0.3, -0.25) is 14.3 Å². The predicted octanol–water partition coefficient (Wildman–Crippen LogP) is 2.17. The van der Waals surface area contributed by atoms with Gasteiger partial charge in [-0.05, 0) is 24.6 Å². The Morgan fingerprint density at radius 3 is 2.65 bits per heavy atom. The van der Waals surface area contributed by atoms with Crippen molar-refractivity contribution < 1.29 is 4.79 Å². The average Bonchev–Trinajstić information content (AvgIpc) is 2.56. The first kappa shape index (κ1) is 15.0. The molecule has 3 aromatic rings. The van der Waals surface area contributed by atoms with Crippen molar-refractivity contribution in [2.24, 2.45) is 7.05 Å². The zero-order valence-corrected chi connectivity index (χ0v) is 13.0. The Morgan fingerprint density at radius 2 is 1.91 bits per heavy atom. The first-order chi connectivity index (χ1) is 11.1. The van der Waals surface area contributed by atoms with Crippen LogP contribution in [0, 0.1) is 6.92 Å². The van der Waals surface area contributed by atoms with Crippen LogP contribution in [0.25, 0.3) is 10.9 Å². The second-order valence-corrected chi connectivity index (χ2v) is 5.49. The third-order valence-corrected chi connectivity index (χ3v) is 3.72. The number of nitrogens with zero attached hydrogens (tertiary/aromatic N) is 2. The minimum Gasteiger partial charge on any atom is -0.346 e. The second kappa shape index (κ2) is 6.04. The van der Waals surface area contributed by atoms with Crippen LogP contribution in [0.15, 0.2) is 53.3 Å². The van der Waals surface area contributed by atoms with Crippen LogP contribution in [-0.4, -0.2) is 15.7 Å². The number of nitrogens with one attached hydrogen (secondary N) is 1. The van der Waals surface area contributed by atoms with Gasteiger partial charge in [-0.1, -0.05) is 42.0 Å². The Hall–Kier alpha value is -2.95. The Labute approximate surface area is 133 Å². The van der Waals surface area contributed by atoms with Crippen LogP contribution in [0.3, 0.4) is 0 Å². The van der Waals surface area contributed by atoms with Gasteiger partial charge in [0.15, 0.2) is 5.69 Å². The molecule has 0 fully saturated rings. The number of aromatic nitrogens is 2. The summed E-state index contributed by atoms with van der Waals surface area (Å²) in [5, 5.41) is 7.39. The molecule has 0 aliphatic carbocycles. The summed E-state index contributed by atoms with van der Waals surface area (Å²) in [6.45, 7) is 2.27. The minimum atomic E-state index is -0.460. The van der Waals surface area contributed by atoms with Crippen molar-refractivity contribution in [2.45, 2.75) is 13.5 Å². The van der Waals surface area contributed by atoms with Crippen LogP contribution in [0.4, 0.5) is 0 Å². The summed E-state index contributed by atoms with van der Waals surface area (Å²) in [5.74, 6) is -0.460. The van der Waals surface area contributed by atoms with Gasteiger partial charge in [-0.25, -0.2) is 0 Å². The molecule has 0 radical (unpaired) electrons. The lowest BCUT2D eigenvalue weighted by atomic mass is 10.1. The lowest BCUT2D eigenvalue weighted by Crippen LogP contribution is -2.31. The highest BCUT2D eigenvalue weighted by atomic mass is 16.2. The summed E-state index contributed by atoms with van der Waals surface area (Å²) in [7, 11) is 1.73. The summed E-state index contributed by atoms with van der Waals surface area (Å²) in [5.41, 5.74) is 2.22. The number of rotatable bonds is 3. The number of amides is 1. The predicted molar refractivity (Wildman–Crippen MR) is 89.3 cm³/mol. The molecule has 1 heterocycles. The summed E-state index contributed by atoms with van der Waals surface area (Å²) in [6, 6.07) is 15.1. The molecular weight excluding hydrogens is 290 g/mol. The highest BCUT2D eigenvalue weighted by molar-refractivity contribution is 5.95. The number of hydrogen-bond acceptors (Lipinski definition) is 3. The van der Waals surface area contributed by atoms with Crippen LogP contribution in [0.2, 0.25) is 0 Å². The van der Waals surface area contributed by atoms with Gasteiger partial charge in [-0.2, -0.15) is 5.10 Å². The van der Waals surface area contributed by atoms with Crippen LogP contribution in [0.1, 0.15) is 21.6 Å². The van der Waals surface area contributed by atoms with E-state index >= 15 is 0 Å². The molecule has 2 aromatic carbocycles. The molecule has 1 N–H and O–H groups in total. The van der Waals surface area contributed by atoms with Crippen molar-refractivity contribution in [1.82, 2.24) is 15.1 Å². The van der Waals surface area contributed by atoms with Gasteiger partial charge in [0.25, 0.3) is 5.91 Å². The van der Waals surface area contributed by atoms with Gasteiger partial charge in [0.2, 0.25) is 5.43 Å². The molecule has 0 spiro atoms. The van der Waals surface area contributed by atoms with E-state index in [1.807, 2.05) is 49.4 Å². The molecule has 116 valence electrons. The number of carbonyl (C=O) groups is 1. The van der Waals surface area contributed by atoms with E-state index in [4.69, 9.17) is 0 Å². The van der Waals surface area contributed by atoms with Crippen LogP contribution in [-0.2, 0) is 13.6 Å². The fourth-order valence-corrected chi connectivity index (χ4v) is 2.50. The molecule has 0 saturated carbocycles. The van der Waals surface area contributed by atoms with Gasteiger partial charge in [0.1, 0.15) is 0 Å². The molecule has 5 nitrogen and oxygen atoms in total. The van der Waals surface area contributed by atoms with Crippen molar-refractivity contribution in [2.75, 3.05) is 0 Å². The first-order valence-corrected chi connectivity index (χ1v) is 7.36. The van der Waals surface area contributed by atoms with Gasteiger partial charge >= 0.3 is 0 Å². The Balaban J connectivity index is 1.94. The quantitative estimate of drug-likeness (QED) is 0.806. The smallest absolute Gasteiger partial charge is 0.276 e. The number of benzene rings is 2. The molecule has 0 aliphatic heterocycles. The minimum absolute atomic E-state index is 0.0819. The van der Waals surface area contributed by atoms with Gasteiger partial charge < -0.3 is 5.32 Å². The molecule has 0 atom stereocenters. The fourth-order valence-electron chi connectivity index (χ4n) is 2.50. The normalized spacial score (nSPS) is 10.7. The SMILES string of the molecule is Cc1ccc2c(c1)c(=O)c(C(=O)NCc1ccccc1)nn2C. The number of aryl methyl sites for hydroxylation is 2. The Bertz CT molecular complexity index is 930. The van der Waals surface area contributed by atoms with E-state index in [2.05, 4.69) is 10.4 Å². The molecule has 0 saturated heterocycles. The molecule has 0 unspecified atom stereocenters. The summed E-state index contributed by atoms with van der Waals surface area (Å²) in [4.78, 5) is 24.9. The lowest BCUT2D eigenvalue weighted by molar-refractivity contribution is 0.0943. The fraction of sp³-hybridized carbons (Fsp3) is 0.167. The standard InChI is InChI=1S/C18H17N3O2/c1-12-8-9-15-14(10-12)17(22)16(20-21(15)2)18(23)19-11-13-6-4-3-5-7-13/h3-10H,11H2,1-2H3,(H,19,23). The maximum atomic E-state index is 12.5. The molecule has 5 heteroatoms. The zero-order valence-electron chi connectivity index (χ0n) is 13.0. The van der Waals surface area contributed by atoms with Crippen LogP contribution >= 0.6 is 0 Å². The number of fused-ring (bicyclic) bond motifs is 1. The first-order valence-electron chi connectivity index (χ1n) is 7.36. The van der Waals surface area contributed by atoms with E-state index in [1.54, 1.807) is 17.8 Å². The second-order valence-electron chi connectivity index (χ2n) is 5.49. The summed E-state index contributed by atoms with van der Waals surface area (Å²) < 4.78 is 1.56. The van der Waals surface area contributed by atoms with E-state index in [0.717, 1.165) is 11.1 Å². The van der Waals surface area contributed by atoms with Crippen molar-refractivity contribution >= 4 is 16.8 Å². The van der Waals surface area contributed by atoms with Crippen LogP contribution in [0.5, 0.6) is 0 Å². The maximum absolute atomic E-state index is 12.5. The summed E-state index contributed by atoms with van der Waals surface area (Å²) >= 11 is 0. The van der Waals surface area contributed by atoms with E-state index in [9.17, 15) is 9.59 Å². The third kappa shape index (κ3) is 2.99. The molecule has 1 aromatic heterocycles. The van der Waals surface area contributed by atoms with Crippen LogP contribution < -0.4 is 10.7 Å². The topological polar surface area (TPSA) is 64.0 Å². The van der Waals surface area contributed by atoms with Gasteiger partial charge in [-0.15, -0.1) is 0 Å². The maximum Gasteiger partial charge on any atom is 0.276 e. The average molecular weight is 307 g/mol. The molecule has 3 rings (SSSR count). The van der Waals surface area contributed by atoms with Gasteiger partial charge in [0, 0.05) is 13.6 Å². The Kier molecular flexibility index (Phi) is 3.93. The number of hydrogen-bond donors (Lipinski definition) is 1. The highest BCUT2D eigenvalue weighted by Crippen LogP contribution is 2.11. The van der Waals surface area contributed by atoms with E-state index in [1.165, 1.54) is 0 Å². The van der Waals surface area contributed by atoms with Crippen molar-refractivity contribution in [3.05, 3.63) is 75.6 Å². The third-order valence-electron chi connectivity index (χ3n) is 3.72. The molecule has 0 bridgehead atoms.